The topological polar surface area (TPSA) is 95.2 Å². The number of hydrogen-bond donors (Lipinski definition) is 1. The monoisotopic (exact) mass is 320 g/mol. The summed E-state index contributed by atoms with van der Waals surface area (Å²) in [6, 6.07) is 12.5. The van der Waals surface area contributed by atoms with E-state index in [-0.39, 0.29) is 5.03 Å². The van der Waals surface area contributed by atoms with Gasteiger partial charge in [-0.15, -0.1) is 0 Å². The van der Waals surface area contributed by atoms with E-state index in [1.165, 1.54) is 18.3 Å². The molecule has 0 unspecified atom stereocenters. The maximum absolute atomic E-state index is 12.2. The molecule has 106 valence electrons. The highest BCUT2D eigenvalue weighted by atomic mass is 35.5. The fourth-order valence-corrected chi connectivity index (χ4v) is 2.53. The zero-order valence-corrected chi connectivity index (χ0v) is 12.1. The van der Waals surface area contributed by atoms with Crippen LogP contribution in [-0.4, -0.2) is 18.4 Å². The summed E-state index contributed by atoms with van der Waals surface area (Å²) in [7, 11) is -4.06. The Balaban J connectivity index is 2.35. The Morgan fingerprint density at radius 3 is 2.57 bits per heavy atom. The molecule has 1 N–H and O–H groups in total. The molecule has 0 aliphatic heterocycles. The average Bonchev–Trinajstić information content (AvgIpc) is 2.50. The second-order valence-corrected chi connectivity index (χ2v) is 6.01. The summed E-state index contributed by atoms with van der Waals surface area (Å²) in [5.74, 6) is 0. The SMILES string of the molecule is N#C/C(=N\Nc1ccccc1Cl)S(=O)(=O)c1ccccn1. The maximum Gasteiger partial charge on any atom is 0.258 e. The van der Waals surface area contributed by atoms with Gasteiger partial charge in [0.2, 0.25) is 0 Å². The molecule has 0 aliphatic rings. The number of hydrazone groups is 1. The van der Waals surface area contributed by atoms with Gasteiger partial charge in [0.1, 0.15) is 6.07 Å². The first-order valence-corrected chi connectivity index (χ1v) is 7.56. The minimum absolute atomic E-state index is 0.244. The van der Waals surface area contributed by atoms with E-state index in [1.54, 1.807) is 36.4 Å². The zero-order chi connectivity index (χ0) is 15.3. The smallest absolute Gasteiger partial charge is 0.258 e. The van der Waals surface area contributed by atoms with Crippen molar-refractivity contribution in [3.8, 4) is 6.07 Å². The molecular weight excluding hydrogens is 312 g/mol. The predicted molar refractivity (Wildman–Crippen MR) is 79.5 cm³/mol. The van der Waals surface area contributed by atoms with E-state index in [0.29, 0.717) is 10.7 Å². The summed E-state index contributed by atoms with van der Waals surface area (Å²) in [6.45, 7) is 0. The van der Waals surface area contributed by atoms with Crippen molar-refractivity contribution in [1.29, 1.82) is 5.26 Å². The van der Waals surface area contributed by atoms with E-state index >= 15 is 0 Å². The van der Waals surface area contributed by atoms with Crippen LogP contribution in [0.2, 0.25) is 5.02 Å². The predicted octanol–water partition coefficient (Wildman–Crippen LogP) is 2.46. The van der Waals surface area contributed by atoms with Crippen molar-refractivity contribution < 1.29 is 8.42 Å². The molecule has 0 atom stereocenters. The van der Waals surface area contributed by atoms with E-state index in [9.17, 15) is 8.42 Å². The third kappa shape index (κ3) is 3.37. The lowest BCUT2D eigenvalue weighted by molar-refractivity contribution is 0.604. The Morgan fingerprint density at radius 1 is 1.24 bits per heavy atom. The molecule has 8 heteroatoms. The Kier molecular flexibility index (Phi) is 4.52. The first kappa shape index (κ1) is 15.0. The molecule has 6 nitrogen and oxygen atoms in total. The molecule has 0 saturated carbocycles. The summed E-state index contributed by atoms with van der Waals surface area (Å²) in [6.07, 6.45) is 1.32. The molecule has 1 aromatic heterocycles. The lowest BCUT2D eigenvalue weighted by Gasteiger charge is -2.04. The zero-order valence-electron chi connectivity index (χ0n) is 10.6. The first-order valence-electron chi connectivity index (χ1n) is 5.70. The van der Waals surface area contributed by atoms with Crippen molar-refractivity contribution in [3.63, 3.8) is 0 Å². The molecule has 0 fully saturated rings. The van der Waals surface area contributed by atoms with Gasteiger partial charge >= 0.3 is 0 Å². The molecule has 21 heavy (non-hydrogen) atoms. The molecule has 0 aliphatic carbocycles. The molecular formula is C13H9ClN4O2S. The van der Waals surface area contributed by atoms with E-state index in [2.05, 4.69) is 15.5 Å². The Labute approximate surface area is 126 Å². The van der Waals surface area contributed by atoms with E-state index < -0.39 is 14.9 Å². The van der Waals surface area contributed by atoms with Gasteiger partial charge in [-0.05, 0) is 24.3 Å². The highest BCUT2D eigenvalue weighted by Gasteiger charge is 2.24. The van der Waals surface area contributed by atoms with Gasteiger partial charge in [0.15, 0.2) is 5.03 Å². The first-order chi connectivity index (χ1) is 10.1. The largest absolute Gasteiger partial charge is 0.275 e. The van der Waals surface area contributed by atoms with Crippen LogP contribution in [0, 0.1) is 11.3 Å². The molecule has 0 bridgehead atoms. The highest BCUT2D eigenvalue weighted by Crippen LogP contribution is 2.20. The van der Waals surface area contributed by atoms with Crippen LogP contribution in [0.15, 0.2) is 58.8 Å². The average molecular weight is 321 g/mol. The van der Waals surface area contributed by atoms with Gasteiger partial charge in [-0.2, -0.15) is 10.4 Å². The number of anilines is 1. The van der Waals surface area contributed by atoms with Crippen LogP contribution in [0.5, 0.6) is 0 Å². The van der Waals surface area contributed by atoms with Crippen LogP contribution in [0.25, 0.3) is 0 Å². The normalized spacial score (nSPS) is 11.7. The van der Waals surface area contributed by atoms with Crippen LogP contribution in [0.3, 0.4) is 0 Å². The van der Waals surface area contributed by atoms with Crippen molar-refractivity contribution in [2.75, 3.05) is 5.43 Å². The minimum atomic E-state index is -4.06. The van der Waals surface area contributed by atoms with Gasteiger partial charge in [-0.1, -0.05) is 29.8 Å². The van der Waals surface area contributed by atoms with Crippen molar-refractivity contribution in [3.05, 3.63) is 53.7 Å². The van der Waals surface area contributed by atoms with Crippen LogP contribution in [-0.2, 0) is 9.84 Å². The van der Waals surface area contributed by atoms with Gasteiger partial charge in [-0.3, -0.25) is 5.43 Å². The fourth-order valence-electron chi connectivity index (χ4n) is 1.41. The van der Waals surface area contributed by atoms with Crippen LogP contribution in [0.4, 0.5) is 5.69 Å². The molecule has 0 radical (unpaired) electrons. The molecule has 2 rings (SSSR count). The lowest BCUT2D eigenvalue weighted by atomic mass is 10.3. The Morgan fingerprint density at radius 2 is 1.95 bits per heavy atom. The third-order valence-corrected chi connectivity index (χ3v) is 4.23. The van der Waals surface area contributed by atoms with E-state index in [1.807, 2.05) is 0 Å². The Hall–Kier alpha value is -2.43. The summed E-state index contributed by atoms with van der Waals surface area (Å²) in [4.78, 5) is 3.72. The number of benzene rings is 1. The van der Waals surface area contributed by atoms with Crippen molar-refractivity contribution in [1.82, 2.24) is 4.98 Å². The van der Waals surface area contributed by atoms with Crippen LogP contribution >= 0.6 is 11.6 Å². The molecule has 1 heterocycles. The van der Waals surface area contributed by atoms with E-state index in [4.69, 9.17) is 16.9 Å². The fraction of sp³-hybridized carbons (Fsp3) is 0. The van der Waals surface area contributed by atoms with E-state index in [0.717, 1.165) is 0 Å². The van der Waals surface area contributed by atoms with Gasteiger partial charge in [-0.25, -0.2) is 13.4 Å². The number of pyridine rings is 1. The second kappa shape index (κ2) is 6.35. The molecule has 1 aromatic carbocycles. The van der Waals surface area contributed by atoms with Crippen molar-refractivity contribution in [2.45, 2.75) is 5.03 Å². The molecule has 0 spiro atoms. The maximum atomic E-state index is 12.2. The number of hydrogen-bond acceptors (Lipinski definition) is 6. The number of para-hydroxylation sites is 1. The summed E-state index contributed by atoms with van der Waals surface area (Å²) in [5.41, 5.74) is 2.86. The number of nitrogens with zero attached hydrogens (tertiary/aromatic N) is 3. The third-order valence-electron chi connectivity index (χ3n) is 2.42. The van der Waals surface area contributed by atoms with Crippen molar-refractivity contribution in [2.24, 2.45) is 5.10 Å². The van der Waals surface area contributed by atoms with Gasteiger partial charge in [0.05, 0.1) is 10.7 Å². The molecule has 0 amide bonds. The number of halogens is 1. The summed E-state index contributed by atoms with van der Waals surface area (Å²) in [5, 5.41) is 12.0. The number of aromatic nitrogens is 1. The van der Waals surface area contributed by atoms with Crippen molar-refractivity contribution >= 4 is 32.2 Å². The van der Waals surface area contributed by atoms with Crippen LogP contribution < -0.4 is 5.43 Å². The number of nitrogens with one attached hydrogen (secondary N) is 1. The van der Waals surface area contributed by atoms with Gasteiger partial charge < -0.3 is 0 Å². The molecule has 2 aromatic rings. The lowest BCUT2D eigenvalue weighted by Crippen LogP contribution is -2.16. The Bertz CT molecular complexity index is 814. The highest BCUT2D eigenvalue weighted by molar-refractivity contribution is 8.07. The summed E-state index contributed by atoms with van der Waals surface area (Å²) >= 11 is 5.91. The number of sulfone groups is 1. The second-order valence-electron chi connectivity index (χ2n) is 3.79. The minimum Gasteiger partial charge on any atom is -0.275 e. The number of rotatable bonds is 3. The van der Waals surface area contributed by atoms with Crippen LogP contribution in [0.1, 0.15) is 0 Å². The quantitative estimate of drug-likeness (QED) is 0.532. The molecule has 0 saturated heterocycles. The van der Waals surface area contributed by atoms with Gasteiger partial charge in [0.25, 0.3) is 14.9 Å². The van der Waals surface area contributed by atoms with Gasteiger partial charge in [0, 0.05) is 6.20 Å². The number of nitriles is 1. The summed E-state index contributed by atoms with van der Waals surface area (Å²) < 4.78 is 24.4. The standard InChI is InChI=1S/C13H9ClN4O2S/c14-10-5-1-2-6-11(10)17-18-13(9-15)21(19,20)12-7-3-4-8-16-12/h1-8,17H/b18-13+.